The molecule has 0 aliphatic carbocycles. The number of nitrogens with zero attached hydrogens (tertiary/aromatic N) is 2. The van der Waals surface area contributed by atoms with Gasteiger partial charge in [0, 0.05) is 22.6 Å². The molecule has 1 aromatic heterocycles. The third-order valence-corrected chi connectivity index (χ3v) is 4.36. The molecule has 0 fully saturated rings. The van der Waals surface area contributed by atoms with Gasteiger partial charge >= 0.3 is 0 Å². The van der Waals surface area contributed by atoms with E-state index >= 15 is 0 Å². The van der Waals surface area contributed by atoms with Gasteiger partial charge in [-0.2, -0.15) is 0 Å². The molecule has 18 heavy (non-hydrogen) atoms. The van der Waals surface area contributed by atoms with Crippen LogP contribution in [0.5, 0.6) is 0 Å². The van der Waals surface area contributed by atoms with Crippen molar-refractivity contribution in [2.45, 2.75) is 4.90 Å². The van der Waals surface area contributed by atoms with Gasteiger partial charge in [0.15, 0.2) is 0 Å². The number of sulfonamides is 1. The van der Waals surface area contributed by atoms with Gasteiger partial charge in [-0.25, -0.2) is 23.1 Å². The Labute approximate surface area is 112 Å². The Bertz CT molecular complexity index is 661. The average Bonchev–Trinajstić information content (AvgIpc) is 2.33. The first kappa shape index (κ1) is 12.8. The third-order valence-electron chi connectivity index (χ3n) is 2.04. The highest BCUT2D eigenvalue weighted by atomic mass is 79.9. The summed E-state index contributed by atoms with van der Waals surface area (Å²) in [6, 6.07) is 6.11. The van der Waals surface area contributed by atoms with Crippen LogP contribution in [0, 0.1) is 0 Å². The first-order valence-electron chi connectivity index (χ1n) is 4.84. The first-order valence-corrected chi connectivity index (χ1v) is 7.11. The molecule has 6 nitrogen and oxygen atoms in total. The first-order chi connectivity index (χ1) is 8.49. The molecule has 0 spiro atoms. The molecule has 0 saturated carbocycles. The fourth-order valence-corrected chi connectivity index (χ4v) is 3.21. The molecule has 0 amide bonds. The second-order valence-corrected chi connectivity index (χ2v) is 5.87. The molecule has 1 aromatic carbocycles. The fraction of sp³-hybridized carbons (Fsp3) is 0. The number of nitrogen functional groups attached to an aromatic ring is 1. The molecule has 8 heteroatoms. The summed E-state index contributed by atoms with van der Waals surface area (Å²) in [6.07, 6.45) is 2.89. The van der Waals surface area contributed by atoms with Crippen LogP contribution in [0.3, 0.4) is 0 Å². The zero-order valence-corrected chi connectivity index (χ0v) is 11.4. The van der Waals surface area contributed by atoms with Crippen LogP contribution in [-0.2, 0) is 10.0 Å². The van der Waals surface area contributed by atoms with Crippen LogP contribution in [0.1, 0.15) is 0 Å². The molecule has 2 rings (SSSR count). The van der Waals surface area contributed by atoms with Gasteiger partial charge in [0.05, 0.1) is 0 Å². The minimum Gasteiger partial charge on any atom is -0.399 e. The lowest BCUT2D eigenvalue weighted by Crippen LogP contribution is -2.15. The largest absolute Gasteiger partial charge is 0.399 e. The molecule has 0 unspecified atom stereocenters. The Hall–Kier alpha value is -1.67. The number of hydrogen-bond donors (Lipinski definition) is 2. The van der Waals surface area contributed by atoms with Crippen molar-refractivity contribution >= 4 is 37.6 Å². The summed E-state index contributed by atoms with van der Waals surface area (Å²) in [7, 11) is -3.77. The quantitative estimate of drug-likeness (QED) is 0.834. The van der Waals surface area contributed by atoms with E-state index in [0.717, 1.165) is 0 Å². The predicted molar refractivity (Wildman–Crippen MR) is 71.4 cm³/mol. The van der Waals surface area contributed by atoms with Crippen LogP contribution >= 0.6 is 15.9 Å². The van der Waals surface area contributed by atoms with Gasteiger partial charge in [-0.1, -0.05) is 0 Å². The van der Waals surface area contributed by atoms with Gasteiger partial charge in [-0.05, 0) is 40.2 Å². The topological polar surface area (TPSA) is 98.0 Å². The van der Waals surface area contributed by atoms with E-state index in [1.54, 1.807) is 18.2 Å². The fourth-order valence-electron chi connectivity index (χ4n) is 1.25. The molecular weight excluding hydrogens is 320 g/mol. The molecule has 3 N–H and O–H groups in total. The number of benzene rings is 1. The van der Waals surface area contributed by atoms with Crippen molar-refractivity contribution in [2.75, 3.05) is 10.5 Å². The maximum Gasteiger partial charge on any atom is 0.265 e. The SMILES string of the molecule is Nc1ccc(Br)c(S(=O)(=O)Nc2ncccn2)c1. The summed E-state index contributed by atoms with van der Waals surface area (Å²) >= 11 is 3.16. The number of rotatable bonds is 3. The number of halogens is 1. The van der Waals surface area contributed by atoms with Gasteiger partial charge in [0.25, 0.3) is 10.0 Å². The maximum absolute atomic E-state index is 12.1. The highest BCUT2D eigenvalue weighted by Crippen LogP contribution is 2.25. The van der Waals surface area contributed by atoms with E-state index in [0.29, 0.717) is 10.2 Å². The summed E-state index contributed by atoms with van der Waals surface area (Å²) < 4.78 is 26.9. The summed E-state index contributed by atoms with van der Waals surface area (Å²) in [6.45, 7) is 0. The summed E-state index contributed by atoms with van der Waals surface area (Å²) in [4.78, 5) is 7.62. The van der Waals surface area contributed by atoms with Crippen molar-refractivity contribution in [2.24, 2.45) is 0 Å². The minimum atomic E-state index is -3.77. The van der Waals surface area contributed by atoms with Crippen LogP contribution < -0.4 is 10.5 Å². The third kappa shape index (κ3) is 2.77. The molecule has 94 valence electrons. The average molecular weight is 329 g/mol. The molecule has 2 aromatic rings. The summed E-state index contributed by atoms with van der Waals surface area (Å²) in [5.41, 5.74) is 5.93. The van der Waals surface area contributed by atoms with E-state index in [2.05, 4.69) is 30.6 Å². The van der Waals surface area contributed by atoms with Gasteiger partial charge in [0.2, 0.25) is 5.95 Å². The maximum atomic E-state index is 12.1. The Morgan fingerprint density at radius 1 is 1.22 bits per heavy atom. The number of anilines is 2. The van der Waals surface area contributed by atoms with Gasteiger partial charge < -0.3 is 5.73 Å². The zero-order valence-electron chi connectivity index (χ0n) is 9.04. The number of hydrogen-bond acceptors (Lipinski definition) is 5. The lowest BCUT2D eigenvalue weighted by Gasteiger charge is -2.08. The Balaban J connectivity index is 2.40. The molecule has 0 radical (unpaired) electrons. The number of nitrogens with two attached hydrogens (primary N) is 1. The minimum absolute atomic E-state index is 0.00632. The van der Waals surface area contributed by atoms with Gasteiger partial charge in [0.1, 0.15) is 4.90 Å². The smallest absolute Gasteiger partial charge is 0.265 e. The molecule has 0 aliphatic rings. The lowest BCUT2D eigenvalue weighted by molar-refractivity contribution is 0.600. The van der Waals surface area contributed by atoms with Gasteiger partial charge in [-0.15, -0.1) is 0 Å². The van der Waals surface area contributed by atoms with Crippen molar-refractivity contribution in [3.05, 3.63) is 41.1 Å². The lowest BCUT2D eigenvalue weighted by atomic mass is 10.3. The van der Waals surface area contributed by atoms with E-state index in [1.165, 1.54) is 18.5 Å². The van der Waals surface area contributed by atoms with Crippen LogP contribution in [0.2, 0.25) is 0 Å². The van der Waals surface area contributed by atoms with E-state index in [9.17, 15) is 8.42 Å². The van der Waals surface area contributed by atoms with Crippen LogP contribution in [0.4, 0.5) is 11.6 Å². The highest BCUT2D eigenvalue weighted by molar-refractivity contribution is 9.10. The number of aromatic nitrogens is 2. The van der Waals surface area contributed by atoms with Crippen molar-refractivity contribution < 1.29 is 8.42 Å². The molecule has 0 atom stereocenters. The van der Waals surface area contributed by atoms with E-state index in [-0.39, 0.29) is 10.8 Å². The zero-order chi connectivity index (χ0) is 13.2. The van der Waals surface area contributed by atoms with E-state index < -0.39 is 10.0 Å². The highest BCUT2D eigenvalue weighted by Gasteiger charge is 2.19. The Kier molecular flexibility index (Phi) is 3.48. The second kappa shape index (κ2) is 4.91. The molecule has 0 bridgehead atoms. The molecule has 0 aliphatic heterocycles. The van der Waals surface area contributed by atoms with Crippen molar-refractivity contribution in [3.8, 4) is 0 Å². The predicted octanol–water partition coefficient (Wildman–Crippen LogP) is 1.62. The van der Waals surface area contributed by atoms with Gasteiger partial charge in [-0.3, -0.25) is 0 Å². The Morgan fingerprint density at radius 2 is 1.89 bits per heavy atom. The van der Waals surface area contributed by atoms with Crippen molar-refractivity contribution in [1.29, 1.82) is 0 Å². The second-order valence-electron chi connectivity index (χ2n) is 3.37. The molecular formula is C10H9BrN4O2S. The van der Waals surface area contributed by atoms with Crippen LogP contribution in [0.25, 0.3) is 0 Å². The van der Waals surface area contributed by atoms with Crippen LogP contribution in [0.15, 0.2) is 46.0 Å². The summed E-state index contributed by atoms with van der Waals surface area (Å²) in [5, 5.41) is 0. The van der Waals surface area contributed by atoms with E-state index in [4.69, 9.17) is 5.73 Å². The van der Waals surface area contributed by atoms with Crippen molar-refractivity contribution in [3.63, 3.8) is 0 Å². The monoisotopic (exact) mass is 328 g/mol. The van der Waals surface area contributed by atoms with E-state index in [1.807, 2.05) is 0 Å². The molecule has 1 heterocycles. The van der Waals surface area contributed by atoms with Crippen LogP contribution in [-0.4, -0.2) is 18.4 Å². The Morgan fingerprint density at radius 3 is 2.56 bits per heavy atom. The normalized spacial score (nSPS) is 11.2. The molecule has 0 saturated heterocycles. The number of nitrogens with one attached hydrogen (secondary N) is 1. The van der Waals surface area contributed by atoms with Crippen molar-refractivity contribution in [1.82, 2.24) is 9.97 Å². The summed E-state index contributed by atoms with van der Waals surface area (Å²) in [5.74, 6) is 0.00632. The standard InChI is InChI=1S/C10H9BrN4O2S/c11-8-3-2-7(12)6-9(8)18(16,17)15-10-13-4-1-5-14-10/h1-6H,12H2,(H,13,14,15).